The summed E-state index contributed by atoms with van der Waals surface area (Å²) >= 11 is 0. The molecule has 0 unspecified atom stereocenters. The number of aliphatic hydroxyl groups excluding tert-OH is 1. The number of rotatable bonds is 3. The fraction of sp³-hybridized carbons (Fsp3) is 0.467. The molecule has 0 radical (unpaired) electrons. The zero-order valence-corrected chi connectivity index (χ0v) is 11.9. The van der Waals surface area contributed by atoms with Crippen LogP contribution in [0.1, 0.15) is 43.2 Å². The van der Waals surface area contributed by atoms with Crippen LogP contribution in [0.4, 0.5) is 0 Å². The summed E-state index contributed by atoms with van der Waals surface area (Å²) in [5.41, 5.74) is 0.885. The monoisotopic (exact) mass is 260 g/mol. The highest BCUT2D eigenvalue weighted by Gasteiger charge is 2.26. The van der Waals surface area contributed by atoms with Gasteiger partial charge < -0.3 is 10.0 Å². The topological polar surface area (TPSA) is 53.4 Å². The molecule has 1 aromatic heterocycles. The molecule has 102 valence electrons. The molecule has 0 fully saturated rings. The highest BCUT2D eigenvalue weighted by molar-refractivity contribution is 5.92. The molecule has 1 N–H and O–H groups in total. The maximum atomic E-state index is 12.3. The summed E-state index contributed by atoms with van der Waals surface area (Å²) < 4.78 is 0. The van der Waals surface area contributed by atoms with Gasteiger partial charge in [0.25, 0.3) is 5.91 Å². The number of hydrogen-bond acceptors (Lipinski definition) is 3. The van der Waals surface area contributed by atoms with Crippen molar-refractivity contribution in [2.45, 2.75) is 32.7 Å². The number of aromatic nitrogens is 1. The first-order chi connectivity index (χ1) is 8.92. The molecule has 1 aromatic rings. The van der Waals surface area contributed by atoms with Crippen molar-refractivity contribution in [1.82, 2.24) is 9.88 Å². The Hall–Kier alpha value is -1.86. The van der Waals surface area contributed by atoms with E-state index in [-0.39, 0.29) is 18.1 Å². The lowest BCUT2D eigenvalue weighted by Crippen LogP contribution is -2.44. The second-order valence-electron chi connectivity index (χ2n) is 4.92. The van der Waals surface area contributed by atoms with Crippen molar-refractivity contribution in [3.63, 3.8) is 0 Å². The molecular weight excluding hydrogens is 240 g/mol. The summed E-state index contributed by atoms with van der Waals surface area (Å²) in [4.78, 5) is 18.1. The molecule has 0 saturated heterocycles. The largest absolute Gasteiger partial charge is 0.384 e. The number of hydrogen-bond donors (Lipinski definition) is 1. The average molecular weight is 260 g/mol. The summed E-state index contributed by atoms with van der Waals surface area (Å²) in [7, 11) is 1.78. The Balaban J connectivity index is 2.89. The number of aliphatic hydroxyl groups is 1. The molecule has 1 amide bonds. The molecule has 19 heavy (non-hydrogen) atoms. The zero-order valence-electron chi connectivity index (χ0n) is 11.9. The van der Waals surface area contributed by atoms with E-state index >= 15 is 0 Å². The Labute approximate surface area is 114 Å². The van der Waals surface area contributed by atoms with Crippen molar-refractivity contribution in [1.29, 1.82) is 0 Å². The molecule has 4 heteroatoms. The molecule has 0 bridgehead atoms. The minimum absolute atomic E-state index is 0.103. The van der Waals surface area contributed by atoms with Gasteiger partial charge >= 0.3 is 0 Å². The summed E-state index contributed by atoms with van der Waals surface area (Å²) in [5, 5.41) is 8.61. The minimum Gasteiger partial charge on any atom is -0.384 e. The van der Waals surface area contributed by atoms with Crippen molar-refractivity contribution >= 4 is 5.91 Å². The van der Waals surface area contributed by atoms with Crippen LogP contribution in [0.5, 0.6) is 0 Å². The van der Waals surface area contributed by atoms with E-state index < -0.39 is 0 Å². The average Bonchev–Trinajstić information content (AvgIpc) is 2.44. The van der Waals surface area contributed by atoms with Crippen LogP contribution >= 0.6 is 0 Å². The van der Waals surface area contributed by atoms with Crippen LogP contribution in [0.15, 0.2) is 18.3 Å². The van der Waals surface area contributed by atoms with Crippen LogP contribution < -0.4 is 0 Å². The maximum Gasteiger partial charge on any atom is 0.272 e. The highest BCUT2D eigenvalue weighted by Crippen LogP contribution is 2.18. The Morgan fingerprint density at radius 1 is 1.47 bits per heavy atom. The Kier molecular flexibility index (Phi) is 5.08. The lowest BCUT2D eigenvalue weighted by atomic mass is 9.99. The molecule has 4 nitrogen and oxygen atoms in total. The number of pyridine rings is 1. The summed E-state index contributed by atoms with van der Waals surface area (Å²) in [6.45, 7) is 5.90. The molecule has 0 spiro atoms. The third kappa shape index (κ3) is 3.80. The van der Waals surface area contributed by atoms with Gasteiger partial charge in [-0.3, -0.25) is 4.79 Å². The van der Waals surface area contributed by atoms with Crippen LogP contribution in [0.25, 0.3) is 0 Å². The predicted molar refractivity (Wildman–Crippen MR) is 74.7 cm³/mol. The van der Waals surface area contributed by atoms with Crippen molar-refractivity contribution < 1.29 is 9.90 Å². The second kappa shape index (κ2) is 6.35. The van der Waals surface area contributed by atoms with Crippen molar-refractivity contribution in [2.24, 2.45) is 0 Å². The number of carbonyl (C=O) groups is 1. The van der Waals surface area contributed by atoms with Gasteiger partial charge in [-0.2, -0.15) is 0 Å². The van der Waals surface area contributed by atoms with Gasteiger partial charge in [-0.25, -0.2) is 4.98 Å². The van der Waals surface area contributed by atoms with Crippen molar-refractivity contribution in [3.8, 4) is 11.8 Å². The minimum atomic E-state index is -0.200. The Morgan fingerprint density at radius 2 is 2.16 bits per heavy atom. The van der Waals surface area contributed by atoms with Gasteiger partial charge in [0.05, 0.1) is 0 Å². The van der Waals surface area contributed by atoms with Crippen molar-refractivity contribution in [3.05, 3.63) is 29.6 Å². The predicted octanol–water partition coefficient (Wildman–Crippen LogP) is 1.69. The number of amides is 1. The maximum absolute atomic E-state index is 12.3. The SMILES string of the molecule is CCC(C)(C)N(C)C(=O)c1ccc(C#CCO)cn1. The molecule has 1 heterocycles. The molecule has 0 aliphatic rings. The highest BCUT2D eigenvalue weighted by atomic mass is 16.2. The van der Waals surface area contributed by atoms with Gasteiger partial charge in [-0.15, -0.1) is 0 Å². The van der Waals surface area contributed by atoms with Crippen LogP contribution in [0.3, 0.4) is 0 Å². The Morgan fingerprint density at radius 3 is 2.63 bits per heavy atom. The van der Waals surface area contributed by atoms with E-state index in [9.17, 15) is 4.79 Å². The van der Waals surface area contributed by atoms with E-state index in [4.69, 9.17) is 5.11 Å². The van der Waals surface area contributed by atoms with Gasteiger partial charge in [0.1, 0.15) is 12.3 Å². The van der Waals surface area contributed by atoms with Gasteiger partial charge in [0.2, 0.25) is 0 Å². The summed E-state index contributed by atoms with van der Waals surface area (Å²) in [5.74, 6) is 5.18. The van der Waals surface area contributed by atoms with E-state index in [1.54, 1.807) is 30.3 Å². The van der Waals surface area contributed by atoms with Gasteiger partial charge in [0, 0.05) is 24.3 Å². The first-order valence-electron chi connectivity index (χ1n) is 6.26. The molecule has 0 aliphatic heterocycles. The first kappa shape index (κ1) is 15.2. The molecule has 0 aliphatic carbocycles. The first-order valence-corrected chi connectivity index (χ1v) is 6.26. The molecular formula is C15H20N2O2. The quantitative estimate of drug-likeness (QED) is 0.841. The fourth-order valence-corrected chi connectivity index (χ4v) is 1.42. The van der Waals surface area contributed by atoms with Crippen molar-refractivity contribution in [2.75, 3.05) is 13.7 Å². The van der Waals surface area contributed by atoms with Crippen LogP contribution in [-0.2, 0) is 0 Å². The van der Waals surface area contributed by atoms with E-state index in [0.717, 1.165) is 6.42 Å². The Bertz CT molecular complexity index is 495. The third-order valence-electron chi connectivity index (χ3n) is 3.37. The molecule has 0 saturated carbocycles. The van der Waals surface area contributed by atoms with Gasteiger partial charge in [-0.1, -0.05) is 18.8 Å². The smallest absolute Gasteiger partial charge is 0.272 e. The number of carbonyl (C=O) groups excluding carboxylic acids is 1. The second-order valence-corrected chi connectivity index (χ2v) is 4.92. The normalized spacial score (nSPS) is 10.6. The van der Waals surface area contributed by atoms with E-state index in [1.807, 2.05) is 20.8 Å². The summed E-state index contributed by atoms with van der Waals surface area (Å²) in [6, 6.07) is 3.39. The molecule has 0 atom stereocenters. The van der Waals surface area contributed by atoms with E-state index in [1.165, 1.54) is 0 Å². The van der Waals surface area contributed by atoms with Crippen LogP contribution in [0.2, 0.25) is 0 Å². The lowest BCUT2D eigenvalue weighted by molar-refractivity contribution is 0.0614. The van der Waals surface area contributed by atoms with E-state index in [2.05, 4.69) is 16.8 Å². The lowest BCUT2D eigenvalue weighted by Gasteiger charge is -2.34. The summed E-state index contributed by atoms with van der Waals surface area (Å²) in [6.07, 6.45) is 2.41. The van der Waals surface area contributed by atoms with Crippen LogP contribution in [-0.4, -0.2) is 40.1 Å². The van der Waals surface area contributed by atoms with Gasteiger partial charge in [-0.05, 0) is 32.4 Å². The number of nitrogens with zero attached hydrogens (tertiary/aromatic N) is 2. The van der Waals surface area contributed by atoms with Crippen LogP contribution in [0, 0.1) is 11.8 Å². The fourth-order valence-electron chi connectivity index (χ4n) is 1.42. The molecule has 1 rings (SSSR count). The van der Waals surface area contributed by atoms with E-state index in [0.29, 0.717) is 11.3 Å². The standard InChI is InChI=1S/C15H20N2O2/c1-5-15(2,3)17(4)14(19)13-9-8-12(11-16-13)7-6-10-18/h8-9,11,18H,5,10H2,1-4H3. The zero-order chi connectivity index (χ0) is 14.5. The molecule has 0 aromatic carbocycles. The van der Waals surface area contributed by atoms with Gasteiger partial charge in [0.15, 0.2) is 0 Å². The third-order valence-corrected chi connectivity index (χ3v) is 3.37.